The Bertz CT molecular complexity index is 457. The molecule has 2 heterocycles. The molecule has 1 aromatic rings. The first kappa shape index (κ1) is 12.8. The molecule has 0 radical (unpaired) electrons. The molecule has 0 aliphatic carbocycles. The van der Waals surface area contributed by atoms with Crippen LogP contribution in [0.15, 0.2) is 6.07 Å². The van der Waals surface area contributed by atoms with Crippen LogP contribution in [0.4, 0.5) is 5.95 Å². The van der Waals surface area contributed by atoms with E-state index in [0.29, 0.717) is 17.8 Å². The summed E-state index contributed by atoms with van der Waals surface area (Å²) in [5.74, 6) is 0.721. The predicted molar refractivity (Wildman–Crippen MR) is 73.0 cm³/mol. The molecule has 0 bridgehead atoms. The second kappa shape index (κ2) is 4.92. The number of nitrogens with one attached hydrogen (secondary N) is 1. The van der Waals surface area contributed by atoms with Crippen molar-refractivity contribution in [2.24, 2.45) is 5.73 Å². The van der Waals surface area contributed by atoms with E-state index in [-0.39, 0.29) is 5.84 Å². The smallest absolute Gasteiger partial charge is 0.226 e. The van der Waals surface area contributed by atoms with Crippen LogP contribution in [0, 0.1) is 12.3 Å². The summed E-state index contributed by atoms with van der Waals surface area (Å²) in [4.78, 5) is 11.2. The highest BCUT2D eigenvalue weighted by Gasteiger charge is 2.31. The fourth-order valence-corrected chi connectivity index (χ4v) is 2.64. The number of nitrogen functional groups attached to an aromatic ring is 1. The van der Waals surface area contributed by atoms with Gasteiger partial charge in [0.2, 0.25) is 5.95 Å². The molecule has 3 N–H and O–H groups in total. The van der Waals surface area contributed by atoms with E-state index in [1.807, 2.05) is 6.92 Å². The van der Waals surface area contributed by atoms with Crippen LogP contribution < -0.4 is 10.6 Å². The number of rotatable bonds is 3. The molecule has 98 valence electrons. The van der Waals surface area contributed by atoms with Crippen LogP contribution in [0.1, 0.15) is 44.5 Å². The molecule has 0 aromatic carbocycles. The number of aryl methyl sites for hydroxylation is 1. The van der Waals surface area contributed by atoms with E-state index < -0.39 is 0 Å². The second-order valence-corrected chi connectivity index (χ2v) is 5.00. The van der Waals surface area contributed by atoms with Crippen molar-refractivity contribution in [2.45, 2.75) is 52.1 Å². The van der Waals surface area contributed by atoms with Gasteiger partial charge in [0.1, 0.15) is 11.5 Å². The maximum absolute atomic E-state index is 7.51. The average Bonchev–Trinajstić information content (AvgIpc) is 2.69. The van der Waals surface area contributed by atoms with Crippen LogP contribution in [0.5, 0.6) is 0 Å². The quantitative estimate of drug-likeness (QED) is 0.631. The Morgan fingerprint density at radius 2 is 2.22 bits per heavy atom. The van der Waals surface area contributed by atoms with Crippen molar-refractivity contribution in [1.82, 2.24) is 9.97 Å². The summed E-state index contributed by atoms with van der Waals surface area (Å²) in [6.07, 6.45) is 3.45. The molecule has 1 fully saturated rings. The average molecular weight is 247 g/mol. The first-order valence-corrected chi connectivity index (χ1v) is 6.51. The van der Waals surface area contributed by atoms with E-state index in [4.69, 9.17) is 11.1 Å². The van der Waals surface area contributed by atoms with E-state index in [9.17, 15) is 0 Å². The molecule has 2 atom stereocenters. The van der Waals surface area contributed by atoms with Crippen molar-refractivity contribution in [3.8, 4) is 0 Å². The van der Waals surface area contributed by atoms with Crippen molar-refractivity contribution >= 4 is 11.8 Å². The summed E-state index contributed by atoms with van der Waals surface area (Å²) in [5.41, 5.74) is 6.91. The molecular weight excluding hydrogens is 226 g/mol. The van der Waals surface area contributed by atoms with Gasteiger partial charge in [-0.05, 0) is 39.2 Å². The summed E-state index contributed by atoms with van der Waals surface area (Å²) in [5, 5.41) is 7.51. The van der Waals surface area contributed by atoms with Crippen molar-refractivity contribution in [1.29, 1.82) is 5.41 Å². The highest BCUT2D eigenvalue weighted by atomic mass is 15.3. The summed E-state index contributed by atoms with van der Waals surface area (Å²) in [7, 11) is 0. The molecule has 2 rings (SSSR count). The minimum Gasteiger partial charge on any atom is -0.382 e. The van der Waals surface area contributed by atoms with Crippen molar-refractivity contribution in [2.75, 3.05) is 4.90 Å². The number of hydrogen-bond donors (Lipinski definition) is 2. The zero-order valence-corrected chi connectivity index (χ0v) is 11.3. The van der Waals surface area contributed by atoms with Gasteiger partial charge in [-0.3, -0.25) is 5.41 Å². The Kier molecular flexibility index (Phi) is 3.50. The van der Waals surface area contributed by atoms with Crippen LogP contribution in [0.25, 0.3) is 0 Å². The van der Waals surface area contributed by atoms with E-state index >= 15 is 0 Å². The first-order chi connectivity index (χ1) is 8.52. The van der Waals surface area contributed by atoms with Crippen molar-refractivity contribution in [3.05, 3.63) is 17.5 Å². The molecule has 2 unspecified atom stereocenters. The minimum absolute atomic E-state index is 0.00153. The fraction of sp³-hybridized carbons (Fsp3) is 0.615. The number of amidine groups is 1. The standard InChI is InChI=1S/C13H21N5/c1-4-10-6-5-9(3)18(10)13-16-8(2)7-11(17-13)12(14)15/h7,9-10H,4-6H2,1-3H3,(H3,14,15). The van der Waals surface area contributed by atoms with Gasteiger partial charge in [-0.1, -0.05) is 6.92 Å². The normalized spacial score (nSPS) is 23.4. The van der Waals surface area contributed by atoms with Gasteiger partial charge in [0.25, 0.3) is 0 Å². The predicted octanol–water partition coefficient (Wildman–Crippen LogP) is 1.84. The number of anilines is 1. The lowest BCUT2D eigenvalue weighted by Crippen LogP contribution is -2.36. The van der Waals surface area contributed by atoms with Gasteiger partial charge >= 0.3 is 0 Å². The van der Waals surface area contributed by atoms with Crippen LogP contribution >= 0.6 is 0 Å². The van der Waals surface area contributed by atoms with E-state index in [1.165, 1.54) is 12.8 Å². The third-order valence-corrected chi connectivity index (χ3v) is 3.61. The topological polar surface area (TPSA) is 78.9 Å². The Morgan fingerprint density at radius 1 is 1.50 bits per heavy atom. The van der Waals surface area contributed by atoms with E-state index in [2.05, 4.69) is 28.7 Å². The molecule has 18 heavy (non-hydrogen) atoms. The molecule has 0 saturated carbocycles. The Hall–Kier alpha value is -1.65. The lowest BCUT2D eigenvalue weighted by atomic mass is 10.2. The van der Waals surface area contributed by atoms with Crippen LogP contribution in [0.2, 0.25) is 0 Å². The lowest BCUT2D eigenvalue weighted by Gasteiger charge is -2.28. The minimum atomic E-state index is 0.00153. The summed E-state index contributed by atoms with van der Waals surface area (Å²) in [6.45, 7) is 6.31. The van der Waals surface area contributed by atoms with Crippen LogP contribution in [-0.4, -0.2) is 27.9 Å². The van der Waals surface area contributed by atoms with Gasteiger partial charge in [0, 0.05) is 17.8 Å². The monoisotopic (exact) mass is 247 g/mol. The third kappa shape index (κ3) is 2.30. The molecule has 1 aliphatic rings. The Morgan fingerprint density at radius 3 is 2.83 bits per heavy atom. The van der Waals surface area contributed by atoms with Crippen LogP contribution in [0.3, 0.4) is 0 Å². The zero-order valence-electron chi connectivity index (χ0n) is 11.3. The molecule has 0 spiro atoms. The van der Waals surface area contributed by atoms with Gasteiger partial charge in [-0.15, -0.1) is 0 Å². The van der Waals surface area contributed by atoms with Gasteiger partial charge < -0.3 is 10.6 Å². The SMILES string of the molecule is CCC1CCC(C)N1c1nc(C)cc(C(=N)N)n1. The summed E-state index contributed by atoms with van der Waals surface area (Å²) >= 11 is 0. The van der Waals surface area contributed by atoms with Crippen molar-refractivity contribution < 1.29 is 0 Å². The summed E-state index contributed by atoms with van der Waals surface area (Å²) < 4.78 is 0. The van der Waals surface area contributed by atoms with E-state index in [1.54, 1.807) is 6.07 Å². The third-order valence-electron chi connectivity index (χ3n) is 3.61. The number of nitrogens with zero attached hydrogens (tertiary/aromatic N) is 3. The second-order valence-electron chi connectivity index (χ2n) is 5.00. The zero-order chi connectivity index (χ0) is 13.3. The molecule has 1 saturated heterocycles. The Labute approximate surface area is 108 Å². The molecule has 1 aromatic heterocycles. The van der Waals surface area contributed by atoms with Crippen molar-refractivity contribution in [3.63, 3.8) is 0 Å². The van der Waals surface area contributed by atoms with Gasteiger partial charge in [-0.2, -0.15) is 0 Å². The molecule has 1 aliphatic heterocycles. The highest BCUT2D eigenvalue weighted by Crippen LogP contribution is 2.29. The maximum Gasteiger partial charge on any atom is 0.226 e. The lowest BCUT2D eigenvalue weighted by molar-refractivity contribution is 0.611. The largest absolute Gasteiger partial charge is 0.382 e. The number of aromatic nitrogens is 2. The molecule has 5 heteroatoms. The number of nitrogens with two attached hydrogens (primary N) is 1. The molecule has 5 nitrogen and oxygen atoms in total. The highest BCUT2D eigenvalue weighted by molar-refractivity contribution is 5.93. The van der Waals surface area contributed by atoms with Crippen LogP contribution in [-0.2, 0) is 0 Å². The maximum atomic E-state index is 7.51. The molecule has 0 amide bonds. The van der Waals surface area contributed by atoms with Gasteiger partial charge in [0.05, 0.1) is 0 Å². The first-order valence-electron chi connectivity index (χ1n) is 6.51. The fourth-order valence-electron chi connectivity index (χ4n) is 2.64. The number of hydrogen-bond acceptors (Lipinski definition) is 4. The summed E-state index contributed by atoms with van der Waals surface area (Å²) in [6, 6.07) is 2.71. The Balaban J connectivity index is 2.40. The van der Waals surface area contributed by atoms with Gasteiger partial charge in [0.15, 0.2) is 0 Å². The van der Waals surface area contributed by atoms with Gasteiger partial charge in [-0.25, -0.2) is 9.97 Å². The molecular formula is C13H21N5. The van der Waals surface area contributed by atoms with E-state index in [0.717, 1.165) is 18.1 Å².